The van der Waals surface area contributed by atoms with E-state index in [0.717, 1.165) is 62.2 Å². The summed E-state index contributed by atoms with van der Waals surface area (Å²) in [6.45, 7) is 5.36. The maximum Gasteiger partial charge on any atom is 0.243 e. The molecule has 0 saturated carbocycles. The molecule has 6 rings (SSSR count). The predicted octanol–water partition coefficient (Wildman–Crippen LogP) is 3.82. The Kier molecular flexibility index (Phi) is 5.73. The third-order valence-corrected chi connectivity index (χ3v) is 9.95. The molecule has 2 saturated heterocycles. The molecule has 0 spiro atoms. The van der Waals surface area contributed by atoms with Gasteiger partial charge in [-0.2, -0.15) is 8.68 Å². The summed E-state index contributed by atoms with van der Waals surface area (Å²) in [6, 6.07) is 15.7. The van der Waals surface area contributed by atoms with Gasteiger partial charge in [0.15, 0.2) is 0 Å². The lowest BCUT2D eigenvalue weighted by molar-refractivity contribution is 0.157. The summed E-state index contributed by atoms with van der Waals surface area (Å²) in [5.41, 5.74) is 0. The average molecular weight is 494 g/mol. The molecule has 0 bridgehead atoms. The van der Waals surface area contributed by atoms with Crippen LogP contribution in [0.15, 0.2) is 65.8 Å². The smallest absolute Gasteiger partial charge is 0.243 e. The van der Waals surface area contributed by atoms with Gasteiger partial charge in [-0.05, 0) is 55.2 Å². The third kappa shape index (κ3) is 3.86. The third-order valence-electron chi connectivity index (χ3n) is 7.13. The molecule has 4 aromatic rings. The van der Waals surface area contributed by atoms with E-state index >= 15 is 0 Å². The van der Waals surface area contributed by atoms with Crippen LogP contribution in [0.5, 0.6) is 0 Å². The lowest BCUT2D eigenvalue weighted by atomic mass is 10.0. The molecule has 34 heavy (non-hydrogen) atoms. The monoisotopic (exact) mass is 493 g/mol. The van der Waals surface area contributed by atoms with Gasteiger partial charge in [0.25, 0.3) is 0 Å². The minimum atomic E-state index is -3.52. The van der Waals surface area contributed by atoms with Crippen LogP contribution in [-0.2, 0) is 10.0 Å². The minimum absolute atomic E-state index is 0.0719. The van der Waals surface area contributed by atoms with E-state index < -0.39 is 10.0 Å². The zero-order chi connectivity index (χ0) is 23.1. The highest BCUT2D eigenvalue weighted by Crippen LogP contribution is 2.33. The molecule has 2 aliphatic rings. The summed E-state index contributed by atoms with van der Waals surface area (Å²) >= 11 is 1.56. The second-order valence-corrected chi connectivity index (χ2v) is 11.7. The number of benzene rings is 2. The highest BCUT2D eigenvalue weighted by molar-refractivity contribution is 7.89. The van der Waals surface area contributed by atoms with Crippen LogP contribution < -0.4 is 4.90 Å². The standard InChI is InChI=1S/C25H27N5O2S2/c31-34(32,24-7-3-4-19-18-26-11-8-21(19)24)30-13-10-20(30)9-12-28-14-16-29(17-15-28)25-22-5-1-2-6-23(22)33-27-25/h1-8,11,18,20H,9-10,12-17H2. The Bertz CT molecular complexity index is 1420. The van der Waals surface area contributed by atoms with Crippen molar-refractivity contribution < 1.29 is 8.42 Å². The van der Waals surface area contributed by atoms with Crippen molar-refractivity contribution in [1.82, 2.24) is 18.6 Å². The van der Waals surface area contributed by atoms with Crippen molar-refractivity contribution in [3.05, 3.63) is 60.9 Å². The van der Waals surface area contributed by atoms with E-state index in [0.29, 0.717) is 11.4 Å². The average Bonchev–Trinajstić information content (AvgIpc) is 3.27. The summed E-state index contributed by atoms with van der Waals surface area (Å²) in [7, 11) is -3.52. The quantitative estimate of drug-likeness (QED) is 0.407. The topological polar surface area (TPSA) is 69.6 Å². The molecule has 176 valence electrons. The number of hydrogen-bond acceptors (Lipinski definition) is 7. The van der Waals surface area contributed by atoms with E-state index in [9.17, 15) is 8.42 Å². The van der Waals surface area contributed by atoms with Gasteiger partial charge in [0, 0.05) is 67.3 Å². The maximum absolute atomic E-state index is 13.5. The molecule has 0 aliphatic carbocycles. The van der Waals surface area contributed by atoms with E-state index in [1.807, 2.05) is 6.07 Å². The van der Waals surface area contributed by atoms with Crippen LogP contribution in [0.25, 0.3) is 20.9 Å². The first-order valence-corrected chi connectivity index (χ1v) is 14.0. The molecule has 1 atom stereocenters. The first-order valence-electron chi connectivity index (χ1n) is 11.8. The summed E-state index contributed by atoms with van der Waals surface area (Å²) < 4.78 is 34.5. The van der Waals surface area contributed by atoms with E-state index in [2.05, 4.69) is 39.0 Å². The molecule has 1 unspecified atom stereocenters. The molecule has 0 N–H and O–H groups in total. The predicted molar refractivity (Wildman–Crippen MR) is 137 cm³/mol. The number of anilines is 1. The highest BCUT2D eigenvalue weighted by atomic mass is 32.2. The summed E-state index contributed by atoms with van der Waals surface area (Å²) in [6.07, 6.45) is 5.17. The van der Waals surface area contributed by atoms with Gasteiger partial charge in [-0.1, -0.05) is 24.3 Å². The van der Waals surface area contributed by atoms with Crippen molar-refractivity contribution >= 4 is 48.2 Å². The Hall–Kier alpha value is -2.59. The molecular weight excluding hydrogens is 466 g/mol. The Morgan fingerprint density at radius 2 is 1.79 bits per heavy atom. The SMILES string of the molecule is O=S(=O)(c1cccc2cnccc12)N1CCC1CCN1CCN(c2nsc3ccccc23)CC1. The molecule has 2 aromatic heterocycles. The van der Waals surface area contributed by atoms with Crippen molar-refractivity contribution in [2.24, 2.45) is 0 Å². The van der Waals surface area contributed by atoms with Gasteiger partial charge in [-0.3, -0.25) is 9.88 Å². The first kappa shape index (κ1) is 21.9. The van der Waals surface area contributed by atoms with Gasteiger partial charge >= 0.3 is 0 Å². The van der Waals surface area contributed by atoms with Crippen LogP contribution in [0.3, 0.4) is 0 Å². The Balaban J connectivity index is 1.08. The number of aromatic nitrogens is 2. The molecule has 9 heteroatoms. The number of pyridine rings is 1. The zero-order valence-corrected chi connectivity index (χ0v) is 20.5. The second-order valence-electron chi connectivity index (χ2n) is 9.03. The molecule has 2 aliphatic heterocycles. The number of sulfonamides is 1. The van der Waals surface area contributed by atoms with E-state index in [-0.39, 0.29) is 6.04 Å². The van der Waals surface area contributed by atoms with Gasteiger partial charge in [-0.25, -0.2) is 8.42 Å². The van der Waals surface area contributed by atoms with Gasteiger partial charge < -0.3 is 4.90 Å². The van der Waals surface area contributed by atoms with Crippen LogP contribution in [-0.4, -0.2) is 72.3 Å². The van der Waals surface area contributed by atoms with Crippen molar-refractivity contribution in [2.75, 3.05) is 44.2 Å². The fourth-order valence-electron chi connectivity index (χ4n) is 5.08. The van der Waals surface area contributed by atoms with Crippen LogP contribution in [0.1, 0.15) is 12.8 Å². The lowest BCUT2D eigenvalue weighted by Crippen LogP contribution is -2.53. The van der Waals surface area contributed by atoms with Crippen molar-refractivity contribution in [1.29, 1.82) is 0 Å². The van der Waals surface area contributed by atoms with Crippen LogP contribution in [0.2, 0.25) is 0 Å². The van der Waals surface area contributed by atoms with E-state index in [1.54, 1.807) is 46.4 Å². The molecule has 2 fully saturated rings. The number of fused-ring (bicyclic) bond motifs is 2. The van der Waals surface area contributed by atoms with Crippen molar-refractivity contribution in [3.63, 3.8) is 0 Å². The number of hydrogen-bond donors (Lipinski definition) is 0. The first-order chi connectivity index (χ1) is 16.6. The maximum atomic E-state index is 13.5. The van der Waals surface area contributed by atoms with Gasteiger partial charge in [0.1, 0.15) is 5.82 Å². The molecule has 0 radical (unpaired) electrons. The zero-order valence-electron chi connectivity index (χ0n) is 18.9. The largest absolute Gasteiger partial charge is 0.353 e. The van der Waals surface area contributed by atoms with Gasteiger partial charge in [0.05, 0.1) is 9.60 Å². The Morgan fingerprint density at radius 1 is 0.941 bits per heavy atom. The Labute approximate surface area is 203 Å². The summed E-state index contributed by atoms with van der Waals surface area (Å²) in [4.78, 5) is 9.35. The molecule has 0 amide bonds. The lowest BCUT2D eigenvalue weighted by Gasteiger charge is -2.42. The second kappa shape index (κ2) is 8.88. The highest BCUT2D eigenvalue weighted by Gasteiger charge is 2.39. The van der Waals surface area contributed by atoms with E-state index in [1.165, 1.54) is 10.1 Å². The fraction of sp³-hybridized carbons (Fsp3) is 0.360. The van der Waals surface area contributed by atoms with Crippen LogP contribution in [0, 0.1) is 0 Å². The van der Waals surface area contributed by atoms with Crippen LogP contribution >= 0.6 is 11.5 Å². The van der Waals surface area contributed by atoms with E-state index in [4.69, 9.17) is 4.37 Å². The molecule has 2 aromatic carbocycles. The summed E-state index contributed by atoms with van der Waals surface area (Å²) in [5, 5.41) is 2.83. The van der Waals surface area contributed by atoms with Crippen LogP contribution in [0.4, 0.5) is 5.82 Å². The van der Waals surface area contributed by atoms with Crippen molar-refractivity contribution in [3.8, 4) is 0 Å². The number of piperazine rings is 1. The number of nitrogens with zero attached hydrogens (tertiary/aromatic N) is 5. The normalized spacial score (nSPS) is 20.1. The molecule has 4 heterocycles. The Morgan fingerprint density at radius 3 is 2.62 bits per heavy atom. The number of rotatable bonds is 6. The van der Waals surface area contributed by atoms with Gasteiger partial charge in [-0.15, -0.1) is 0 Å². The minimum Gasteiger partial charge on any atom is -0.353 e. The molecular formula is C25H27N5O2S2. The van der Waals surface area contributed by atoms with Crippen molar-refractivity contribution in [2.45, 2.75) is 23.8 Å². The molecule has 7 nitrogen and oxygen atoms in total. The summed E-state index contributed by atoms with van der Waals surface area (Å²) in [5.74, 6) is 1.10. The van der Waals surface area contributed by atoms with Gasteiger partial charge in [0.2, 0.25) is 10.0 Å². The fourth-order valence-corrected chi connectivity index (χ4v) is 7.79.